The molecule has 0 saturated carbocycles. The zero-order valence-electron chi connectivity index (χ0n) is 11.9. The highest BCUT2D eigenvalue weighted by molar-refractivity contribution is 9.10. The van der Waals surface area contributed by atoms with Gasteiger partial charge in [0.05, 0.1) is 16.7 Å². The van der Waals surface area contributed by atoms with Gasteiger partial charge in [0, 0.05) is 11.3 Å². The fraction of sp³-hybridized carbons (Fsp3) is 0.286. The van der Waals surface area contributed by atoms with Gasteiger partial charge in [0.25, 0.3) is 5.91 Å². The molecule has 1 amide bonds. The van der Waals surface area contributed by atoms with Gasteiger partial charge in [-0.3, -0.25) is 14.9 Å². The lowest BCUT2D eigenvalue weighted by Gasteiger charge is -2.09. The van der Waals surface area contributed by atoms with Crippen molar-refractivity contribution in [3.63, 3.8) is 0 Å². The van der Waals surface area contributed by atoms with Crippen molar-refractivity contribution in [2.45, 2.75) is 20.4 Å². The number of hydrazine groups is 1. The van der Waals surface area contributed by atoms with E-state index in [2.05, 4.69) is 26.5 Å². The number of hydrogen-bond acceptors (Lipinski definition) is 4. The molecule has 1 aromatic carbocycles. The van der Waals surface area contributed by atoms with Gasteiger partial charge < -0.3 is 4.74 Å². The number of halogens is 1. The van der Waals surface area contributed by atoms with Crippen LogP contribution in [-0.2, 0) is 6.54 Å². The Labute approximate surface area is 131 Å². The van der Waals surface area contributed by atoms with Crippen molar-refractivity contribution in [1.29, 1.82) is 0 Å². The summed E-state index contributed by atoms with van der Waals surface area (Å²) in [4.78, 5) is 11.4. The number of amides is 1. The maximum Gasteiger partial charge on any atom is 0.265 e. The van der Waals surface area contributed by atoms with E-state index in [0.29, 0.717) is 24.5 Å². The molecule has 6 nitrogen and oxygen atoms in total. The Kier molecular flexibility index (Phi) is 4.98. The van der Waals surface area contributed by atoms with Crippen LogP contribution in [0, 0.1) is 13.8 Å². The number of benzene rings is 1. The number of nitrogens with one attached hydrogen (secondary N) is 1. The topological polar surface area (TPSA) is 82.2 Å². The van der Waals surface area contributed by atoms with Gasteiger partial charge in [-0.25, -0.2) is 5.84 Å². The first-order valence-corrected chi connectivity index (χ1v) is 7.25. The van der Waals surface area contributed by atoms with Crippen molar-refractivity contribution < 1.29 is 9.53 Å². The lowest BCUT2D eigenvalue weighted by Crippen LogP contribution is -2.29. The predicted octanol–water partition coefficient (Wildman–Crippen LogP) is 1.94. The molecule has 0 saturated heterocycles. The van der Waals surface area contributed by atoms with Crippen molar-refractivity contribution in [2.24, 2.45) is 5.84 Å². The molecule has 0 spiro atoms. The second kappa shape index (κ2) is 6.73. The summed E-state index contributed by atoms with van der Waals surface area (Å²) in [5.74, 6) is 5.38. The molecule has 0 aliphatic rings. The molecule has 0 fully saturated rings. The molecule has 7 heteroatoms. The average molecular weight is 353 g/mol. The minimum atomic E-state index is -0.345. The van der Waals surface area contributed by atoms with Gasteiger partial charge in [0.2, 0.25) is 0 Å². The first-order valence-electron chi connectivity index (χ1n) is 6.46. The molecule has 0 unspecified atom stereocenters. The van der Waals surface area contributed by atoms with Crippen molar-refractivity contribution in [2.75, 3.05) is 6.61 Å². The van der Waals surface area contributed by atoms with Crippen LogP contribution in [0.25, 0.3) is 0 Å². The Morgan fingerprint density at radius 2 is 2.24 bits per heavy atom. The standard InChI is InChI=1S/C14H17BrN4O2/c1-9-13(15)10(2)19(18-9)6-7-21-12-5-3-4-11(8-12)14(20)17-16/h3-5,8H,6-7,16H2,1-2H3,(H,17,20). The summed E-state index contributed by atoms with van der Waals surface area (Å²) in [6.07, 6.45) is 0. The maximum atomic E-state index is 11.4. The Bertz CT molecular complexity index is 654. The fourth-order valence-electron chi connectivity index (χ4n) is 1.95. The van der Waals surface area contributed by atoms with E-state index in [0.717, 1.165) is 15.9 Å². The Morgan fingerprint density at radius 1 is 1.48 bits per heavy atom. The summed E-state index contributed by atoms with van der Waals surface area (Å²) in [7, 11) is 0. The van der Waals surface area contributed by atoms with E-state index in [1.54, 1.807) is 24.3 Å². The molecule has 1 heterocycles. The maximum absolute atomic E-state index is 11.4. The van der Waals surface area contributed by atoms with E-state index < -0.39 is 0 Å². The molecule has 0 atom stereocenters. The molecule has 2 aromatic rings. The van der Waals surface area contributed by atoms with Crippen molar-refractivity contribution in [3.05, 3.63) is 45.7 Å². The number of hydrogen-bond donors (Lipinski definition) is 2. The van der Waals surface area contributed by atoms with Gasteiger partial charge in [-0.1, -0.05) is 6.07 Å². The van der Waals surface area contributed by atoms with E-state index in [9.17, 15) is 4.79 Å². The van der Waals surface area contributed by atoms with E-state index in [1.165, 1.54) is 0 Å². The molecule has 0 bridgehead atoms. The molecular formula is C14H17BrN4O2. The van der Waals surface area contributed by atoms with Crippen LogP contribution < -0.4 is 16.0 Å². The summed E-state index contributed by atoms with van der Waals surface area (Å²) in [6, 6.07) is 6.87. The Balaban J connectivity index is 1.97. The first kappa shape index (κ1) is 15.5. The number of carbonyl (C=O) groups excluding carboxylic acids is 1. The van der Waals surface area contributed by atoms with Crippen LogP contribution in [0.4, 0.5) is 0 Å². The number of ether oxygens (including phenoxy) is 1. The van der Waals surface area contributed by atoms with Crippen molar-refractivity contribution in [3.8, 4) is 5.75 Å². The summed E-state index contributed by atoms with van der Waals surface area (Å²) in [5.41, 5.74) is 4.57. The zero-order valence-corrected chi connectivity index (χ0v) is 13.5. The van der Waals surface area contributed by atoms with E-state index in [4.69, 9.17) is 10.6 Å². The highest BCUT2D eigenvalue weighted by Crippen LogP contribution is 2.19. The van der Waals surface area contributed by atoms with Crippen LogP contribution in [0.1, 0.15) is 21.7 Å². The molecule has 21 heavy (non-hydrogen) atoms. The minimum absolute atomic E-state index is 0.345. The van der Waals surface area contributed by atoms with Crippen LogP contribution >= 0.6 is 15.9 Å². The SMILES string of the molecule is Cc1nn(CCOc2cccc(C(=O)NN)c2)c(C)c1Br. The second-order valence-corrected chi connectivity index (χ2v) is 5.35. The monoisotopic (exact) mass is 352 g/mol. The van der Waals surface area contributed by atoms with Crippen molar-refractivity contribution in [1.82, 2.24) is 15.2 Å². The van der Waals surface area contributed by atoms with Gasteiger partial charge in [0.15, 0.2) is 0 Å². The largest absolute Gasteiger partial charge is 0.492 e. The zero-order chi connectivity index (χ0) is 15.4. The summed E-state index contributed by atoms with van der Waals surface area (Å²) < 4.78 is 8.55. The first-order chi connectivity index (χ1) is 10.0. The van der Waals surface area contributed by atoms with Crippen LogP contribution in [0.3, 0.4) is 0 Å². The number of aromatic nitrogens is 2. The molecule has 2 rings (SSSR count). The third-order valence-electron chi connectivity index (χ3n) is 3.09. The molecule has 0 aliphatic carbocycles. The lowest BCUT2D eigenvalue weighted by molar-refractivity contribution is 0.0953. The van der Waals surface area contributed by atoms with Crippen LogP contribution in [0.15, 0.2) is 28.7 Å². The number of carbonyl (C=O) groups is 1. The molecular weight excluding hydrogens is 336 g/mol. The van der Waals surface area contributed by atoms with E-state index >= 15 is 0 Å². The average Bonchev–Trinajstić information content (AvgIpc) is 2.74. The number of nitrogen functional groups attached to an aromatic ring is 1. The highest BCUT2D eigenvalue weighted by atomic mass is 79.9. The number of aryl methyl sites for hydroxylation is 1. The third kappa shape index (κ3) is 3.62. The third-order valence-corrected chi connectivity index (χ3v) is 4.24. The Morgan fingerprint density at radius 3 is 2.86 bits per heavy atom. The van der Waals surface area contributed by atoms with Gasteiger partial charge in [-0.05, 0) is 48.0 Å². The second-order valence-electron chi connectivity index (χ2n) is 4.56. The van der Waals surface area contributed by atoms with Crippen molar-refractivity contribution >= 4 is 21.8 Å². The number of rotatable bonds is 5. The molecule has 0 radical (unpaired) electrons. The fourth-order valence-corrected chi connectivity index (χ4v) is 2.24. The highest BCUT2D eigenvalue weighted by Gasteiger charge is 2.09. The number of nitrogens with zero attached hydrogens (tertiary/aromatic N) is 2. The molecule has 112 valence electrons. The predicted molar refractivity (Wildman–Crippen MR) is 83.0 cm³/mol. The summed E-state index contributed by atoms with van der Waals surface area (Å²) >= 11 is 3.49. The van der Waals surface area contributed by atoms with Gasteiger partial charge in [-0.2, -0.15) is 5.10 Å². The van der Waals surface area contributed by atoms with E-state index in [-0.39, 0.29) is 5.91 Å². The van der Waals surface area contributed by atoms with Gasteiger partial charge in [-0.15, -0.1) is 0 Å². The quantitative estimate of drug-likeness (QED) is 0.489. The minimum Gasteiger partial charge on any atom is -0.492 e. The van der Waals surface area contributed by atoms with Crippen LogP contribution in [-0.4, -0.2) is 22.3 Å². The normalized spacial score (nSPS) is 10.5. The van der Waals surface area contributed by atoms with Crippen LogP contribution in [0.5, 0.6) is 5.75 Å². The Hall–Kier alpha value is -1.86. The molecule has 0 aliphatic heterocycles. The molecule has 3 N–H and O–H groups in total. The van der Waals surface area contributed by atoms with Gasteiger partial charge >= 0.3 is 0 Å². The van der Waals surface area contributed by atoms with Gasteiger partial charge in [0.1, 0.15) is 12.4 Å². The van der Waals surface area contributed by atoms with E-state index in [1.807, 2.05) is 18.5 Å². The summed E-state index contributed by atoms with van der Waals surface area (Å²) in [5, 5.41) is 4.41. The summed E-state index contributed by atoms with van der Waals surface area (Å²) in [6.45, 7) is 5.04. The van der Waals surface area contributed by atoms with Crippen LogP contribution in [0.2, 0.25) is 0 Å². The number of nitrogens with two attached hydrogens (primary N) is 1. The lowest BCUT2D eigenvalue weighted by atomic mass is 10.2. The smallest absolute Gasteiger partial charge is 0.265 e. The molecule has 1 aromatic heterocycles.